The lowest BCUT2D eigenvalue weighted by atomic mass is 10.1. The van der Waals surface area contributed by atoms with Crippen molar-refractivity contribution in [2.24, 2.45) is 0 Å². The van der Waals surface area contributed by atoms with Gasteiger partial charge in [0, 0.05) is 20.1 Å². The molecule has 7 heteroatoms. The number of allylic oxidation sites excluding steroid dienone is 2. The van der Waals surface area contributed by atoms with Gasteiger partial charge >= 0.3 is 0 Å². The summed E-state index contributed by atoms with van der Waals surface area (Å²) in [6, 6.07) is 0. The van der Waals surface area contributed by atoms with E-state index in [1.54, 1.807) is 7.11 Å². The van der Waals surface area contributed by atoms with Gasteiger partial charge in [0.1, 0.15) is 6.10 Å². The molecule has 0 N–H and O–H groups in total. The van der Waals surface area contributed by atoms with Crippen LogP contribution in [0.3, 0.4) is 0 Å². The van der Waals surface area contributed by atoms with Crippen LogP contribution in [0.1, 0.15) is 149 Å². The molecule has 0 rings (SSSR count). The highest BCUT2D eigenvalue weighted by Gasteiger charge is 2.34. The third-order valence-corrected chi connectivity index (χ3v) is 10.3. The normalized spacial score (nSPS) is 15.4. The van der Waals surface area contributed by atoms with Gasteiger partial charge in [-0.1, -0.05) is 122 Å². The van der Waals surface area contributed by atoms with Crippen molar-refractivity contribution in [3.05, 3.63) is 12.2 Å². The van der Waals surface area contributed by atoms with Crippen molar-refractivity contribution < 1.29 is 27.9 Å². The summed E-state index contributed by atoms with van der Waals surface area (Å²) in [5.41, 5.74) is 0. The molecule has 0 aromatic carbocycles. The largest absolute Gasteiger partial charge is 0.774 e. The maximum absolute atomic E-state index is 12.6. The Hall–Kier alpha value is -0.230. The molecule has 0 amide bonds. The predicted octanol–water partition coefficient (Wildman–Crippen LogP) is 9.41. The zero-order chi connectivity index (χ0) is 30.7. The van der Waals surface area contributed by atoms with Crippen molar-refractivity contribution in [2.45, 2.75) is 161 Å². The second-order valence-corrected chi connectivity index (χ2v) is 14.8. The van der Waals surface area contributed by atoms with Crippen molar-refractivity contribution in [3.63, 3.8) is 0 Å². The molecule has 0 heterocycles. The van der Waals surface area contributed by atoms with Gasteiger partial charge in [0.2, 0.25) is 0 Å². The van der Waals surface area contributed by atoms with E-state index < -0.39 is 13.4 Å². The summed E-state index contributed by atoms with van der Waals surface area (Å²) in [6.45, 7) is 5.19. The lowest BCUT2D eigenvalue weighted by Gasteiger charge is -2.41. The van der Waals surface area contributed by atoms with E-state index in [2.05, 4.69) is 19.1 Å². The van der Waals surface area contributed by atoms with Crippen molar-refractivity contribution in [2.75, 3.05) is 48.1 Å². The van der Waals surface area contributed by atoms with Gasteiger partial charge in [-0.2, -0.15) is 0 Å². The molecule has 0 fully saturated rings. The molecular formula is C34H70NO5P. The Morgan fingerprint density at radius 3 is 1.54 bits per heavy atom. The molecule has 0 aliphatic carbocycles. The van der Waals surface area contributed by atoms with Crippen LogP contribution in [-0.2, 0) is 18.6 Å². The minimum absolute atomic E-state index is 0.00340. The Bertz CT molecular complexity index is 637. The summed E-state index contributed by atoms with van der Waals surface area (Å²) in [4.78, 5) is 12.6. The van der Waals surface area contributed by atoms with Crippen LogP contribution < -0.4 is 4.89 Å². The van der Waals surface area contributed by atoms with Crippen LogP contribution in [0.25, 0.3) is 0 Å². The molecule has 0 bridgehead atoms. The summed E-state index contributed by atoms with van der Waals surface area (Å²) in [5, 5.41) is 0. The van der Waals surface area contributed by atoms with Gasteiger partial charge in [-0.05, 0) is 32.1 Å². The smallest absolute Gasteiger partial charge is 0.193 e. The predicted molar refractivity (Wildman–Crippen MR) is 174 cm³/mol. The highest BCUT2D eigenvalue weighted by atomic mass is 31.2. The number of hydrogen-bond donors (Lipinski definition) is 0. The standard InChI is InChI=1S/C34H70NO5P/c1-7-9-10-11-12-13-14-15-16-17-18-19-20-21-22-23-24-25-26-27-28-29-30-39-31-33(38-6)32-40-41(36,37)34(8-2)35(3,4)5/h18-19,33-34H,7-17,20-32H2,1-6H3/b19-18-/t33-,34?/m1/s1. The summed E-state index contributed by atoms with van der Waals surface area (Å²) >= 11 is 0. The number of ether oxygens (including phenoxy) is 2. The van der Waals surface area contributed by atoms with E-state index in [0.29, 0.717) is 24.1 Å². The molecule has 0 aliphatic rings. The molecule has 2 unspecified atom stereocenters. The first kappa shape index (κ1) is 40.8. The molecule has 6 nitrogen and oxygen atoms in total. The Morgan fingerprint density at radius 2 is 1.12 bits per heavy atom. The third kappa shape index (κ3) is 24.9. The number of rotatable bonds is 31. The van der Waals surface area contributed by atoms with Crippen molar-refractivity contribution in [1.82, 2.24) is 0 Å². The first-order chi connectivity index (χ1) is 19.7. The second kappa shape index (κ2) is 27.3. The van der Waals surface area contributed by atoms with Crippen LogP contribution in [0.2, 0.25) is 0 Å². The highest BCUT2D eigenvalue weighted by Crippen LogP contribution is 2.47. The fraction of sp³-hybridized carbons (Fsp3) is 0.941. The summed E-state index contributed by atoms with van der Waals surface area (Å²) in [7, 11) is 3.20. The Balaban J connectivity index is 3.53. The molecule has 0 radical (unpaired) electrons. The van der Waals surface area contributed by atoms with E-state index in [1.165, 1.54) is 122 Å². The van der Waals surface area contributed by atoms with E-state index in [0.717, 1.165) is 6.42 Å². The van der Waals surface area contributed by atoms with E-state index in [4.69, 9.17) is 14.0 Å². The van der Waals surface area contributed by atoms with Crippen LogP contribution in [0.15, 0.2) is 12.2 Å². The van der Waals surface area contributed by atoms with Gasteiger partial charge in [0.15, 0.2) is 13.4 Å². The van der Waals surface area contributed by atoms with Gasteiger partial charge in [0.05, 0.1) is 34.4 Å². The van der Waals surface area contributed by atoms with Crippen LogP contribution in [0.5, 0.6) is 0 Å². The minimum Gasteiger partial charge on any atom is -0.774 e. The Labute approximate surface area is 256 Å². The lowest BCUT2D eigenvalue weighted by molar-refractivity contribution is -0.884. The van der Waals surface area contributed by atoms with Crippen LogP contribution in [0.4, 0.5) is 0 Å². The summed E-state index contributed by atoms with van der Waals surface area (Å²) < 4.78 is 29.4. The zero-order valence-corrected chi connectivity index (χ0v) is 29.1. The van der Waals surface area contributed by atoms with Crippen LogP contribution in [0, 0.1) is 0 Å². The maximum Gasteiger partial charge on any atom is 0.193 e. The molecule has 0 saturated carbocycles. The number of quaternary nitrogens is 1. The third-order valence-electron chi connectivity index (χ3n) is 8.00. The van der Waals surface area contributed by atoms with E-state index in [-0.39, 0.29) is 12.7 Å². The monoisotopic (exact) mass is 603 g/mol. The molecular weight excluding hydrogens is 533 g/mol. The zero-order valence-electron chi connectivity index (χ0n) is 28.2. The Kier molecular flexibility index (Phi) is 27.2. The maximum atomic E-state index is 12.6. The topological polar surface area (TPSA) is 67.8 Å². The van der Waals surface area contributed by atoms with Crippen LogP contribution >= 0.6 is 7.60 Å². The average Bonchev–Trinajstić information content (AvgIpc) is 2.92. The first-order valence-electron chi connectivity index (χ1n) is 17.2. The van der Waals surface area contributed by atoms with E-state index in [9.17, 15) is 9.46 Å². The highest BCUT2D eigenvalue weighted by molar-refractivity contribution is 7.51. The van der Waals surface area contributed by atoms with Crippen molar-refractivity contribution in [3.8, 4) is 0 Å². The SMILES string of the molecule is CCCCCCCCCCC/C=C\CCCCCCCCCCCOC[C@H](COP(=O)([O-])C(CC)[N+](C)(C)C)OC. The van der Waals surface area contributed by atoms with Gasteiger partial charge in [-0.3, -0.25) is 0 Å². The fourth-order valence-corrected chi connectivity index (χ4v) is 7.22. The summed E-state index contributed by atoms with van der Waals surface area (Å²) in [6.07, 6.45) is 31.7. The Morgan fingerprint density at radius 1 is 0.683 bits per heavy atom. The molecule has 0 saturated heterocycles. The van der Waals surface area contributed by atoms with Gasteiger partial charge in [-0.15, -0.1) is 0 Å². The molecule has 0 aliphatic heterocycles. The van der Waals surface area contributed by atoms with Gasteiger partial charge < -0.3 is 27.9 Å². The number of nitrogens with zero attached hydrogens (tertiary/aromatic N) is 1. The molecule has 0 aromatic heterocycles. The number of hydrogen-bond acceptors (Lipinski definition) is 5. The minimum atomic E-state index is -3.99. The second-order valence-electron chi connectivity index (χ2n) is 12.8. The summed E-state index contributed by atoms with van der Waals surface area (Å²) in [5.74, 6) is -0.567. The molecule has 0 spiro atoms. The molecule has 3 atom stereocenters. The van der Waals surface area contributed by atoms with Crippen molar-refractivity contribution >= 4 is 7.60 Å². The number of unbranched alkanes of at least 4 members (excludes halogenated alkanes) is 18. The van der Waals surface area contributed by atoms with E-state index in [1.807, 2.05) is 28.1 Å². The first-order valence-corrected chi connectivity index (χ1v) is 18.8. The van der Waals surface area contributed by atoms with Gasteiger partial charge in [-0.25, -0.2) is 0 Å². The average molecular weight is 604 g/mol. The molecule has 0 aromatic rings. The van der Waals surface area contributed by atoms with Crippen LogP contribution in [-0.4, -0.2) is 64.4 Å². The fourth-order valence-electron chi connectivity index (χ4n) is 5.38. The molecule has 246 valence electrons. The molecule has 41 heavy (non-hydrogen) atoms. The quantitative estimate of drug-likeness (QED) is 0.0342. The van der Waals surface area contributed by atoms with Crippen molar-refractivity contribution in [1.29, 1.82) is 0 Å². The van der Waals surface area contributed by atoms with E-state index >= 15 is 0 Å². The number of methoxy groups -OCH3 is 1. The lowest BCUT2D eigenvalue weighted by Crippen LogP contribution is -2.47. The van der Waals surface area contributed by atoms with Gasteiger partial charge in [0.25, 0.3) is 0 Å².